The highest BCUT2D eigenvalue weighted by Gasteiger charge is 2.26. The second kappa shape index (κ2) is 9.89. The minimum Gasteiger partial charge on any atom is -0.493 e. The van der Waals surface area contributed by atoms with E-state index in [9.17, 15) is 14.4 Å². The number of aromatic amines is 2. The maximum atomic E-state index is 12.5. The van der Waals surface area contributed by atoms with E-state index in [1.54, 1.807) is 23.1 Å². The van der Waals surface area contributed by atoms with Crippen molar-refractivity contribution in [2.75, 3.05) is 32.2 Å². The summed E-state index contributed by atoms with van der Waals surface area (Å²) in [5.74, 6) is 0.542. The molecule has 2 aromatic rings. The van der Waals surface area contributed by atoms with Crippen molar-refractivity contribution < 1.29 is 19.0 Å². The zero-order valence-electron chi connectivity index (χ0n) is 17.4. The molecule has 1 aliphatic heterocycles. The van der Waals surface area contributed by atoms with E-state index < -0.39 is 11.2 Å². The predicted molar refractivity (Wildman–Crippen MR) is 112 cm³/mol. The third-order valence-electron chi connectivity index (χ3n) is 4.41. The van der Waals surface area contributed by atoms with E-state index in [0.717, 1.165) is 0 Å². The number of hydrazone groups is 1. The van der Waals surface area contributed by atoms with Gasteiger partial charge in [0.2, 0.25) is 5.82 Å². The Kier molecular flexibility index (Phi) is 7.03. The third-order valence-corrected chi connectivity index (χ3v) is 4.41. The zero-order valence-corrected chi connectivity index (χ0v) is 17.4. The summed E-state index contributed by atoms with van der Waals surface area (Å²) in [6.45, 7) is 4.79. The average molecular weight is 432 g/mol. The molecule has 1 saturated heterocycles. The first-order valence-corrected chi connectivity index (χ1v) is 9.58. The zero-order chi connectivity index (χ0) is 22.4. The standard InChI is InChI=1S/C19H24N6O6/c1-11-8-25(9-12(2)31-11)16(26)10-30-14-5-4-13(6-15(14)29-3)7-20-22-17-18(27)21-19(28)24-23-17/h4-7,11-12H,8-10H2,1-3H3,(H,22,23)(H2,21,24,27,28). The van der Waals surface area contributed by atoms with Gasteiger partial charge in [0.1, 0.15) is 0 Å². The Morgan fingerprint density at radius 2 is 2.06 bits per heavy atom. The number of morpholine rings is 1. The molecule has 12 heteroatoms. The van der Waals surface area contributed by atoms with Crippen molar-refractivity contribution in [1.29, 1.82) is 0 Å². The summed E-state index contributed by atoms with van der Waals surface area (Å²) < 4.78 is 16.6. The van der Waals surface area contributed by atoms with Crippen LogP contribution in [0.1, 0.15) is 19.4 Å². The highest BCUT2D eigenvalue weighted by Crippen LogP contribution is 2.27. The number of anilines is 1. The number of amides is 1. The topological polar surface area (TPSA) is 151 Å². The van der Waals surface area contributed by atoms with Gasteiger partial charge in [-0.25, -0.2) is 9.89 Å². The summed E-state index contributed by atoms with van der Waals surface area (Å²) in [5, 5.41) is 9.55. The molecular weight excluding hydrogens is 408 g/mol. The van der Waals surface area contributed by atoms with Crippen LogP contribution in [-0.4, -0.2) is 71.2 Å². The lowest BCUT2D eigenvalue weighted by atomic mass is 10.2. The lowest BCUT2D eigenvalue weighted by Gasteiger charge is -2.35. The molecule has 2 atom stereocenters. The first kappa shape index (κ1) is 22.0. The van der Waals surface area contributed by atoms with Gasteiger partial charge in [0.15, 0.2) is 18.1 Å². The molecular formula is C19H24N6O6. The minimum absolute atomic E-state index is 0.0173. The van der Waals surface area contributed by atoms with Gasteiger partial charge in [-0.2, -0.15) is 5.10 Å². The number of H-pyrrole nitrogens is 2. The molecule has 166 valence electrons. The number of carbonyl (C=O) groups is 1. The molecule has 1 fully saturated rings. The molecule has 2 heterocycles. The number of nitrogens with zero attached hydrogens (tertiary/aromatic N) is 3. The molecule has 1 aromatic heterocycles. The van der Waals surface area contributed by atoms with Gasteiger partial charge in [-0.1, -0.05) is 0 Å². The van der Waals surface area contributed by atoms with Gasteiger partial charge in [-0.3, -0.25) is 20.0 Å². The molecule has 1 amide bonds. The molecule has 0 saturated carbocycles. The van der Waals surface area contributed by atoms with Gasteiger partial charge in [0, 0.05) is 13.1 Å². The number of aromatic nitrogens is 3. The summed E-state index contributed by atoms with van der Waals surface area (Å²) in [6.07, 6.45) is 1.40. The van der Waals surface area contributed by atoms with E-state index in [2.05, 4.69) is 20.7 Å². The van der Waals surface area contributed by atoms with Crippen LogP contribution >= 0.6 is 0 Å². The number of carbonyl (C=O) groups excluding carboxylic acids is 1. The number of rotatable bonds is 7. The van der Waals surface area contributed by atoms with Crippen molar-refractivity contribution in [1.82, 2.24) is 20.1 Å². The van der Waals surface area contributed by atoms with Crippen LogP contribution in [0.3, 0.4) is 0 Å². The number of nitrogens with one attached hydrogen (secondary N) is 3. The maximum Gasteiger partial charge on any atom is 0.342 e. The smallest absolute Gasteiger partial charge is 0.342 e. The molecule has 12 nitrogen and oxygen atoms in total. The summed E-state index contributed by atoms with van der Waals surface area (Å²) in [6, 6.07) is 5.02. The number of ether oxygens (including phenoxy) is 3. The number of benzene rings is 1. The van der Waals surface area contributed by atoms with Crippen molar-refractivity contribution in [2.24, 2.45) is 5.10 Å². The predicted octanol–water partition coefficient (Wildman–Crippen LogP) is -0.0726. The van der Waals surface area contributed by atoms with E-state index in [1.807, 2.05) is 18.8 Å². The maximum absolute atomic E-state index is 12.5. The minimum atomic E-state index is -0.712. The number of methoxy groups -OCH3 is 1. The highest BCUT2D eigenvalue weighted by molar-refractivity contribution is 5.81. The van der Waals surface area contributed by atoms with Crippen molar-refractivity contribution in [3.8, 4) is 11.5 Å². The first-order valence-electron chi connectivity index (χ1n) is 9.58. The Hall–Kier alpha value is -3.67. The molecule has 31 heavy (non-hydrogen) atoms. The highest BCUT2D eigenvalue weighted by atomic mass is 16.5. The van der Waals surface area contributed by atoms with E-state index in [-0.39, 0.29) is 30.5 Å². The molecule has 1 aromatic carbocycles. The Bertz CT molecular complexity index is 1050. The SMILES string of the molecule is COc1cc(C=NNc2n[nH]c(=O)[nH]c2=O)ccc1OCC(=O)N1CC(C)OC(C)C1. The summed E-state index contributed by atoms with van der Waals surface area (Å²) in [7, 11) is 1.48. The Balaban J connectivity index is 1.61. The van der Waals surface area contributed by atoms with Gasteiger partial charge in [-0.05, 0) is 37.6 Å². The monoisotopic (exact) mass is 432 g/mol. The molecule has 0 bridgehead atoms. The van der Waals surface area contributed by atoms with E-state index in [0.29, 0.717) is 30.2 Å². The number of hydrogen-bond donors (Lipinski definition) is 3. The van der Waals surface area contributed by atoms with Crippen LogP contribution in [0.5, 0.6) is 11.5 Å². The fourth-order valence-electron chi connectivity index (χ4n) is 3.09. The fourth-order valence-corrected chi connectivity index (χ4v) is 3.09. The Morgan fingerprint density at radius 3 is 2.74 bits per heavy atom. The third kappa shape index (κ3) is 5.92. The Morgan fingerprint density at radius 1 is 1.32 bits per heavy atom. The van der Waals surface area contributed by atoms with Gasteiger partial charge < -0.3 is 19.1 Å². The molecule has 0 spiro atoms. The van der Waals surface area contributed by atoms with E-state index >= 15 is 0 Å². The normalized spacial score (nSPS) is 18.7. The molecule has 3 rings (SSSR count). The van der Waals surface area contributed by atoms with Crippen LogP contribution in [-0.2, 0) is 9.53 Å². The van der Waals surface area contributed by atoms with Crippen molar-refractivity contribution in [3.63, 3.8) is 0 Å². The fraction of sp³-hybridized carbons (Fsp3) is 0.421. The molecule has 3 N–H and O–H groups in total. The molecule has 0 aliphatic carbocycles. The van der Waals surface area contributed by atoms with Gasteiger partial charge in [0.05, 0.1) is 25.5 Å². The van der Waals surface area contributed by atoms with E-state index in [1.165, 1.54) is 13.3 Å². The van der Waals surface area contributed by atoms with Gasteiger partial charge in [-0.15, -0.1) is 5.10 Å². The van der Waals surface area contributed by atoms with Crippen LogP contribution in [0.15, 0.2) is 32.9 Å². The van der Waals surface area contributed by atoms with Crippen LogP contribution in [0.4, 0.5) is 5.82 Å². The van der Waals surface area contributed by atoms with E-state index in [4.69, 9.17) is 14.2 Å². The molecule has 2 unspecified atom stereocenters. The second-order valence-electron chi connectivity index (χ2n) is 6.98. The summed E-state index contributed by atoms with van der Waals surface area (Å²) in [5.41, 5.74) is 1.66. The van der Waals surface area contributed by atoms with Gasteiger partial charge in [0.25, 0.3) is 11.5 Å². The quantitative estimate of drug-likeness (QED) is 0.406. The summed E-state index contributed by atoms with van der Waals surface area (Å²) in [4.78, 5) is 38.7. The summed E-state index contributed by atoms with van der Waals surface area (Å²) >= 11 is 0. The van der Waals surface area contributed by atoms with Crippen molar-refractivity contribution in [3.05, 3.63) is 44.6 Å². The molecule has 1 aliphatic rings. The second-order valence-corrected chi connectivity index (χ2v) is 6.98. The number of hydrogen-bond acceptors (Lipinski definition) is 9. The van der Waals surface area contributed by atoms with Crippen molar-refractivity contribution >= 4 is 17.9 Å². The largest absolute Gasteiger partial charge is 0.493 e. The lowest BCUT2D eigenvalue weighted by molar-refractivity contribution is -0.145. The van der Waals surface area contributed by atoms with Crippen LogP contribution in [0, 0.1) is 0 Å². The molecule has 0 radical (unpaired) electrons. The van der Waals surface area contributed by atoms with Crippen LogP contribution in [0.2, 0.25) is 0 Å². The first-order chi connectivity index (χ1) is 14.9. The van der Waals surface area contributed by atoms with Crippen LogP contribution in [0.25, 0.3) is 0 Å². The average Bonchev–Trinajstić information content (AvgIpc) is 2.73. The van der Waals surface area contributed by atoms with Crippen molar-refractivity contribution in [2.45, 2.75) is 26.1 Å². The lowest BCUT2D eigenvalue weighted by Crippen LogP contribution is -2.49. The Labute approximate surface area is 177 Å². The van der Waals surface area contributed by atoms with Crippen LogP contribution < -0.4 is 26.1 Å². The van der Waals surface area contributed by atoms with Gasteiger partial charge >= 0.3 is 5.69 Å².